The van der Waals surface area contributed by atoms with Crippen LogP contribution in [0.1, 0.15) is 37.7 Å². The molecular formula is C13H21N3O2. The summed E-state index contributed by atoms with van der Waals surface area (Å²) in [6, 6.07) is 0.0748. The fourth-order valence-electron chi connectivity index (χ4n) is 2.42. The molecule has 1 aliphatic rings. The average molecular weight is 251 g/mol. The maximum Gasteiger partial charge on any atom is 0.221 e. The number of ether oxygens (including phenoxy) is 1. The van der Waals surface area contributed by atoms with Crippen LogP contribution in [0, 0.1) is 6.92 Å². The van der Waals surface area contributed by atoms with Gasteiger partial charge < -0.3 is 15.2 Å². The smallest absolute Gasteiger partial charge is 0.221 e. The van der Waals surface area contributed by atoms with Crippen LogP contribution in [0.25, 0.3) is 0 Å². The first kappa shape index (κ1) is 13.1. The first-order valence-electron chi connectivity index (χ1n) is 6.52. The molecule has 5 heteroatoms. The second-order valence-corrected chi connectivity index (χ2v) is 4.81. The predicted molar refractivity (Wildman–Crippen MR) is 69.8 cm³/mol. The number of aromatic nitrogens is 2. The molecule has 1 heterocycles. The third kappa shape index (κ3) is 2.90. The van der Waals surface area contributed by atoms with Crippen molar-refractivity contribution in [3.05, 3.63) is 11.9 Å². The van der Waals surface area contributed by atoms with Crippen molar-refractivity contribution in [2.24, 2.45) is 0 Å². The normalized spacial score (nSPS) is 24.4. The molecule has 0 spiro atoms. The van der Waals surface area contributed by atoms with E-state index in [0.29, 0.717) is 5.88 Å². The molecule has 2 N–H and O–H groups in total. The largest absolute Gasteiger partial charge is 0.481 e. The summed E-state index contributed by atoms with van der Waals surface area (Å²) in [4.78, 5) is 8.28. The second-order valence-electron chi connectivity index (χ2n) is 4.81. The lowest BCUT2D eigenvalue weighted by atomic mass is 10.1. The minimum Gasteiger partial charge on any atom is -0.481 e. The Morgan fingerprint density at radius 3 is 2.83 bits per heavy atom. The van der Waals surface area contributed by atoms with Gasteiger partial charge in [0, 0.05) is 0 Å². The number of hydrogen-bond acceptors (Lipinski definition) is 5. The molecule has 0 aliphatic heterocycles. The van der Waals surface area contributed by atoms with Crippen LogP contribution in [0.4, 0.5) is 5.82 Å². The van der Waals surface area contributed by atoms with Crippen LogP contribution in [-0.4, -0.2) is 34.3 Å². The summed E-state index contributed by atoms with van der Waals surface area (Å²) < 4.78 is 5.17. The van der Waals surface area contributed by atoms with E-state index >= 15 is 0 Å². The van der Waals surface area contributed by atoms with Crippen molar-refractivity contribution in [1.29, 1.82) is 0 Å². The molecule has 0 aromatic carbocycles. The van der Waals surface area contributed by atoms with Crippen molar-refractivity contribution in [3.8, 4) is 5.88 Å². The molecule has 0 amide bonds. The lowest BCUT2D eigenvalue weighted by molar-refractivity contribution is 0.144. The van der Waals surface area contributed by atoms with Gasteiger partial charge in [0.1, 0.15) is 12.1 Å². The first-order chi connectivity index (χ1) is 8.72. The zero-order valence-corrected chi connectivity index (χ0v) is 11.0. The summed E-state index contributed by atoms with van der Waals surface area (Å²) in [6.45, 7) is 1.92. The van der Waals surface area contributed by atoms with Gasteiger partial charge in [0.15, 0.2) is 0 Å². The van der Waals surface area contributed by atoms with Crippen molar-refractivity contribution in [2.75, 3.05) is 12.4 Å². The van der Waals surface area contributed by atoms with E-state index in [1.165, 1.54) is 12.7 Å². The first-order valence-corrected chi connectivity index (χ1v) is 6.52. The number of rotatable bonds is 3. The SMILES string of the molecule is COc1ncnc(NC2CCCCCC2O)c1C. The van der Waals surface area contributed by atoms with Crippen molar-refractivity contribution in [1.82, 2.24) is 9.97 Å². The summed E-state index contributed by atoms with van der Waals surface area (Å²) in [6.07, 6.45) is 6.47. The highest BCUT2D eigenvalue weighted by Gasteiger charge is 2.22. The summed E-state index contributed by atoms with van der Waals surface area (Å²) in [5, 5.41) is 13.4. The van der Waals surface area contributed by atoms with Gasteiger partial charge in [-0.1, -0.05) is 19.3 Å². The number of hydrogen-bond donors (Lipinski definition) is 2. The molecule has 18 heavy (non-hydrogen) atoms. The molecule has 1 aliphatic carbocycles. The Labute approximate surface area is 108 Å². The topological polar surface area (TPSA) is 67.3 Å². The minimum absolute atomic E-state index is 0.0748. The van der Waals surface area contributed by atoms with Gasteiger partial charge in [0.25, 0.3) is 0 Å². The molecule has 5 nitrogen and oxygen atoms in total. The lowest BCUT2D eigenvalue weighted by Gasteiger charge is -2.23. The number of nitrogens with one attached hydrogen (secondary N) is 1. The van der Waals surface area contributed by atoms with Crippen molar-refractivity contribution >= 4 is 5.82 Å². The van der Waals surface area contributed by atoms with E-state index in [9.17, 15) is 5.11 Å². The Morgan fingerprint density at radius 2 is 2.06 bits per heavy atom. The molecule has 1 aromatic heterocycles. The van der Waals surface area contributed by atoms with Crippen LogP contribution in [0.5, 0.6) is 5.88 Å². The molecule has 100 valence electrons. The molecule has 2 atom stereocenters. The molecule has 0 bridgehead atoms. The van der Waals surface area contributed by atoms with E-state index in [1.54, 1.807) is 7.11 Å². The van der Waals surface area contributed by atoms with E-state index in [-0.39, 0.29) is 12.1 Å². The average Bonchev–Trinajstić information content (AvgIpc) is 2.57. The lowest BCUT2D eigenvalue weighted by Crippen LogP contribution is -2.33. The molecule has 0 saturated heterocycles. The monoisotopic (exact) mass is 251 g/mol. The van der Waals surface area contributed by atoms with Crippen molar-refractivity contribution < 1.29 is 9.84 Å². The zero-order chi connectivity index (χ0) is 13.0. The number of aliphatic hydroxyl groups excluding tert-OH is 1. The molecule has 2 unspecified atom stereocenters. The third-order valence-corrected chi connectivity index (χ3v) is 3.53. The van der Waals surface area contributed by atoms with Crippen LogP contribution in [0.15, 0.2) is 6.33 Å². The van der Waals surface area contributed by atoms with E-state index < -0.39 is 0 Å². The fourth-order valence-corrected chi connectivity index (χ4v) is 2.42. The van der Waals surface area contributed by atoms with Gasteiger partial charge in [-0.25, -0.2) is 9.97 Å². The number of methoxy groups -OCH3 is 1. The molecule has 1 fully saturated rings. The van der Waals surface area contributed by atoms with Crippen molar-refractivity contribution in [3.63, 3.8) is 0 Å². The van der Waals surface area contributed by atoms with Crippen LogP contribution >= 0.6 is 0 Å². The number of aliphatic hydroxyl groups is 1. The van der Waals surface area contributed by atoms with Gasteiger partial charge >= 0.3 is 0 Å². The van der Waals surface area contributed by atoms with Crippen LogP contribution in [-0.2, 0) is 0 Å². The third-order valence-electron chi connectivity index (χ3n) is 3.53. The highest BCUT2D eigenvalue weighted by atomic mass is 16.5. The van der Waals surface area contributed by atoms with Gasteiger partial charge in [-0.15, -0.1) is 0 Å². The standard InChI is InChI=1S/C13H21N3O2/c1-9-12(14-8-15-13(9)18-2)16-10-6-4-3-5-7-11(10)17/h8,10-11,17H,3-7H2,1-2H3,(H,14,15,16). The Morgan fingerprint density at radius 1 is 1.28 bits per heavy atom. The summed E-state index contributed by atoms with van der Waals surface area (Å²) in [7, 11) is 1.60. The summed E-state index contributed by atoms with van der Waals surface area (Å²) in [5.74, 6) is 1.34. The molecule has 0 radical (unpaired) electrons. The Balaban J connectivity index is 2.12. The van der Waals surface area contributed by atoms with Gasteiger partial charge in [-0.3, -0.25) is 0 Å². The second kappa shape index (κ2) is 6.00. The number of nitrogens with zero attached hydrogens (tertiary/aromatic N) is 2. The van der Waals surface area contributed by atoms with Gasteiger partial charge in [-0.05, 0) is 19.8 Å². The van der Waals surface area contributed by atoms with Gasteiger partial charge in [-0.2, -0.15) is 0 Å². The van der Waals surface area contributed by atoms with Crippen LogP contribution < -0.4 is 10.1 Å². The van der Waals surface area contributed by atoms with Gasteiger partial charge in [0.05, 0.1) is 24.8 Å². The highest BCUT2D eigenvalue weighted by Crippen LogP contribution is 2.25. The zero-order valence-electron chi connectivity index (χ0n) is 11.0. The Bertz CT molecular complexity index is 398. The van der Waals surface area contributed by atoms with E-state index in [0.717, 1.165) is 37.1 Å². The highest BCUT2D eigenvalue weighted by molar-refractivity contribution is 5.48. The van der Waals surface area contributed by atoms with E-state index in [4.69, 9.17) is 4.74 Å². The van der Waals surface area contributed by atoms with Crippen molar-refractivity contribution in [2.45, 2.75) is 51.2 Å². The summed E-state index contributed by atoms with van der Waals surface area (Å²) >= 11 is 0. The molecular weight excluding hydrogens is 230 g/mol. The van der Waals surface area contributed by atoms with E-state index in [2.05, 4.69) is 15.3 Å². The Hall–Kier alpha value is -1.36. The van der Waals surface area contributed by atoms with Crippen LogP contribution in [0.2, 0.25) is 0 Å². The fraction of sp³-hybridized carbons (Fsp3) is 0.692. The number of anilines is 1. The molecule has 1 aromatic rings. The molecule has 1 saturated carbocycles. The van der Waals surface area contributed by atoms with Crippen LogP contribution in [0.3, 0.4) is 0 Å². The molecule has 2 rings (SSSR count). The maximum absolute atomic E-state index is 10.1. The quantitative estimate of drug-likeness (QED) is 0.803. The van der Waals surface area contributed by atoms with E-state index in [1.807, 2.05) is 6.92 Å². The summed E-state index contributed by atoms with van der Waals surface area (Å²) in [5.41, 5.74) is 0.886. The Kier molecular flexibility index (Phi) is 4.36. The predicted octanol–water partition coefficient (Wildman–Crippen LogP) is 1.90. The van der Waals surface area contributed by atoms with Gasteiger partial charge in [0.2, 0.25) is 5.88 Å². The minimum atomic E-state index is -0.298. The maximum atomic E-state index is 10.1.